The largest absolute Gasteiger partial charge is 0.454 e. The molecule has 1 N–H and O–H groups in total. The summed E-state index contributed by atoms with van der Waals surface area (Å²) in [5.41, 5.74) is 1.41. The van der Waals surface area contributed by atoms with Crippen molar-refractivity contribution in [2.75, 3.05) is 31.3 Å². The Labute approximate surface area is 174 Å². The van der Waals surface area contributed by atoms with Crippen LogP contribution in [0.5, 0.6) is 11.5 Å². The topological polar surface area (TPSA) is 79.8 Å². The number of nitrogens with zero attached hydrogens (tertiary/aromatic N) is 4. The molecule has 9 heteroatoms. The van der Waals surface area contributed by atoms with Crippen LogP contribution in [0.15, 0.2) is 24.5 Å². The van der Waals surface area contributed by atoms with E-state index >= 15 is 0 Å². The molecule has 0 aliphatic carbocycles. The quantitative estimate of drug-likeness (QED) is 0.769. The maximum absolute atomic E-state index is 14.6. The summed E-state index contributed by atoms with van der Waals surface area (Å²) in [4.78, 5) is 24.8. The van der Waals surface area contributed by atoms with Crippen molar-refractivity contribution in [1.82, 2.24) is 20.2 Å². The lowest BCUT2D eigenvalue weighted by Gasteiger charge is -2.56. The minimum absolute atomic E-state index is 0.0164. The molecule has 1 amide bonds. The van der Waals surface area contributed by atoms with Crippen LogP contribution in [-0.4, -0.2) is 59.3 Å². The smallest absolute Gasteiger partial charge is 0.234 e. The fraction of sp³-hybridized carbons (Fsp3) is 0.476. The average Bonchev–Trinajstić information content (AvgIpc) is 3.24. The summed E-state index contributed by atoms with van der Waals surface area (Å²) >= 11 is 0. The van der Waals surface area contributed by atoms with Gasteiger partial charge in [-0.15, -0.1) is 0 Å². The molecule has 158 valence electrons. The molecule has 8 nitrogen and oxygen atoms in total. The van der Waals surface area contributed by atoms with Gasteiger partial charge in [0, 0.05) is 31.7 Å². The van der Waals surface area contributed by atoms with Crippen LogP contribution >= 0.6 is 0 Å². The van der Waals surface area contributed by atoms with Crippen molar-refractivity contribution in [3.05, 3.63) is 41.6 Å². The third kappa shape index (κ3) is 3.43. The SMILES string of the molecule is CCc1ncnc(N2CC3CC(C2)N3CC(=O)NCc2ccc3c(c2)OCO3)c1F. The van der Waals surface area contributed by atoms with E-state index in [9.17, 15) is 9.18 Å². The number of carbonyl (C=O) groups is 1. The first kappa shape index (κ1) is 19.0. The minimum Gasteiger partial charge on any atom is -0.454 e. The van der Waals surface area contributed by atoms with Gasteiger partial charge in [0.25, 0.3) is 0 Å². The highest BCUT2D eigenvalue weighted by atomic mass is 19.1. The standard InChI is InChI=1S/C21H24FN5O3/c1-2-16-20(22)21(25-11-24-16)26-8-14-6-15(9-26)27(14)10-19(28)23-7-13-3-4-17-18(5-13)30-12-29-17/h3-5,11,14-15H,2,6-10,12H2,1H3,(H,23,28). The minimum atomic E-state index is -0.325. The van der Waals surface area contributed by atoms with Gasteiger partial charge in [-0.05, 0) is 30.5 Å². The number of amides is 1. The number of benzene rings is 1. The number of ether oxygens (including phenoxy) is 2. The number of piperazine rings is 1. The second-order valence-electron chi connectivity index (χ2n) is 7.90. The summed E-state index contributed by atoms with van der Waals surface area (Å²) in [6, 6.07) is 6.14. The second kappa shape index (κ2) is 7.71. The van der Waals surface area contributed by atoms with Crippen LogP contribution in [0.25, 0.3) is 0 Å². The molecule has 3 fully saturated rings. The van der Waals surface area contributed by atoms with Crippen LogP contribution < -0.4 is 19.7 Å². The average molecular weight is 413 g/mol. The highest BCUT2D eigenvalue weighted by molar-refractivity contribution is 5.78. The Balaban J connectivity index is 1.15. The van der Waals surface area contributed by atoms with E-state index in [2.05, 4.69) is 20.2 Å². The molecule has 6 rings (SSSR count). The van der Waals surface area contributed by atoms with Gasteiger partial charge < -0.3 is 19.7 Å². The molecule has 2 atom stereocenters. The molecule has 4 aliphatic rings. The van der Waals surface area contributed by atoms with Crippen molar-refractivity contribution < 1.29 is 18.7 Å². The van der Waals surface area contributed by atoms with Crippen molar-refractivity contribution in [3.8, 4) is 11.5 Å². The molecule has 4 aliphatic heterocycles. The number of aromatic nitrogens is 2. The van der Waals surface area contributed by atoms with Gasteiger partial charge in [-0.3, -0.25) is 9.69 Å². The molecule has 2 aromatic rings. The van der Waals surface area contributed by atoms with Gasteiger partial charge in [-0.2, -0.15) is 0 Å². The molecule has 5 heterocycles. The fourth-order valence-corrected chi connectivity index (χ4v) is 4.45. The van der Waals surface area contributed by atoms with Crippen LogP contribution in [0.2, 0.25) is 0 Å². The van der Waals surface area contributed by atoms with Gasteiger partial charge in [-0.25, -0.2) is 14.4 Å². The van der Waals surface area contributed by atoms with E-state index in [1.807, 2.05) is 30.0 Å². The second-order valence-corrected chi connectivity index (χ2v) is 7.90. The van der Waals surface area contributed by atoms with E-state index < -0.39 is 0 Å². The van der Waals surface area contributed by atoms with Crippen molar-refractivity contribution in [1.29, 1.82) is 0 Å². The molecule has 3 saturated heterocycles. The lowest BCUT2D eigenvalue weighted by molar-refractivity contribution is -0.127. The first-order valence-electron chi connectivity index (χ1n) is 10.3. The van der Waals surface area contributed by atoms with E-state index in [1.54, 1.807) is 0 Å². The van der Waals surface area contributed by atoms with Crippen molar-refractivity contribution in [2.45, 2.75) is 38.4 Å². The van der Waals surface area contributed by atoms with Crippen LogP contribution in [0, 0.1) is 5.82 Å². The highest BCUT2D eigenvalue weighted by Crippen LogP contribution is 2.35. The number of hydrogen-bond acceptors (Lipinski definition) is 7. The van der Waals surface area contributed by atoms with E-state index in [0.29, 0.717) is 49.9 Å². The summed E-state index contributed by atoms with van der Waals surface area (Å²) in [5.74, 6) is 1.48. The zero-order valence-corrected chi connectivity index (χ0v) is 16.8. The Kier molecular flexibility index (Phi) is 4.90. The van der Waals surface area contributed by atoms with Crippen molar-refractivity contribution in [2.24, 2.45) is 0 Å². The van der Waals surface area contributed by atoms with Crippen molar-refractivity contribution >= 4 is 11.7 Å². The summed E-state index contributed by atoms with van der Waals surface area (Å²) in [5, 5.41) is 2.97. The molecule has 2 unspecified atom stereocenters. The van der Waals surface area contributed by atoms with Crippen LogP contribution in [0.1, 0.15) is 24.6 Å². The monoisotopic (exact) mass is 413 g/mol. The predicted octanol–water partition coefficient (Wildman–Crippen LogP) is 1.49. The number of fused-ring (bicyclic) bond motifs is 3. The summed E-state index contributed by atoms with van der Waals surface area (Å²) < 4.78 is 25.3. The number of halogens is 1. The van der Waals surface area contributed by atoms with E-state index in [0.717, 1.165) is 17.7 Å². The third-order valence-corrected chi connectivity index (χ3v) is 6.07. The number of aryl methyl sites for hydroxylation is 1. The van der Waals surface area contributed by atoms with Gasteiger partial charge >= 0.3 is 0 Å². The Morgan fingerprint density at radius 2 is 2.03 bits per heavy atom. The first-order valence-corrected chi connectivity index (χ1v) is 10.3. The van der Waals surface area contributed by atoms with E-state index in [1.165, 1.54) is 6.33 Å². The van der Waals surface area contributed by atoms with Crippen LogP contribution in [-0.2, 0) is 17.8 Å². The Hall–Kier alpha value is -2.94. The number of carbonyl (C=O) groups excluding carboxylic acids is 1. The number of piperidine rings is 1. The molecule has 30 heavy (non-hydrogen) atoms. The number of rotatable bonds is 6. The predicted molar refractivity (Wildman–Crippen MR) is 107 cm³/mol. The number of hydrogen-bond donors (Lipinski definition) is 1. The molecule has 0 radical (unpaired) electrons. The zero-order valence-electron chi connectivity index (χ0n) is 16.8. The van der Waals surface area contributed by atoms with Gasteiger partial charge in [0.15, 0.2) is 23.1 Å². The van der Waals surface area contributed by atoms with E-state index in [-0.39, 0.29) is 30.6 Å². The van der Waals surface area contributed by atoms with Gasteiger partial charge in [0.1, 0.15) is 6.33 Å². The van der Waals surface area contributed by atoms with Gasteiger partial charge in [0.2, 0.25) is 12.7 Å². The Bertz CT molecular complexity index is 960. The molecular formula is C21H24FN5O3. The summed E-state index contributed by atoms with van der Waals surface area (Å²) in [6.07, 6.45) is 3.00. The summed E-state index contributed by atoms with van der Waals surface area (Å²) in [7, 11) is 0. The van der Waals surface area contributed by atoms with Crippen molar-refractivity contribution in [3.63, 3.8) is 0 Å². The highest BCUT2D eigenvalue weighted by Gasteiger charge is 2.46. The van der Waals surface area contributed by atoms with Gasteiger partial charge in [0.05, 0.1) is 12.2 Å². The number of anilines is 1. The van der Waals surface area contributed by atoms with Crippen LogP contribution in [0.4, 0.5) is 10.2 Å². The maximum Gasteiger partial charge on any atom is 0.234 e. The molecule has 0 spiro atoms. The van der Waals surface area contributed by atoms with Gasteiger partial charge in [-0.1, -0.05) is 13.0 Å². The van der Waals surface area contributed by atoms with E-state index in [4.69, 9.17) is 9.47 Å². The molecule has 1 aromatic heterocycles. The maximum atomic E-state index is 14.6. The summed E-state index contributed by atoms with van der Waals surface area (Å²) in [6.45, 7) is 4.24. The molecule has 1 aromatic carbocycles. The van der Waals surface area contributed by atoms with Crippen LogP contribution in [0.3, 0.4) is 0 Å². The zero-order chi connectivity index (χ0) is 20.7. The fourth-order valence-electron chi connectivity index (χ4n) is 4.45. The lowest BCUT2D eigenvalue weighted by Crippen LogP contribution is -2.70. The normalized spacial score (nSPS) is 22.0. The number of nitrogens with one attached hydrogen (secondary N) is 1. The third-order valence-electron chi connectivity index (χ3n) is 6.07. The Morgan fingerprint density at radius 1 is 1.23 bits per heavy atom. The molecule has 0 saturated carbocycles. The molecular weight excluding hydrogens is 389 g/mol. The first-order chi connectivity index (χ1) is 14.6. The Morgan fingerprint density at radius 3 is 2.83 bits per heavy atom. The lowest BCUT2D eigenvalue weighted by atomic mass is 9.87. The molecule has 2 bridgehead atoms.